The Balaban J connectivity index is 3.07. The molecule has 0 atom stereocenters. The molecule has 0 aliphatic rings. The normalized spacial score (nSPS) is 10.7. The molecule has 0 heterocycles. The fraction of sp³-hybridized carbons (Fsp3) is 0.333. The fourth-order valence-corrected chi connectivity index (χ4v) is 1.45. The van der Waals surface area contributed by atoms with Crippen molar-refractivity contribution in [2.45, 2.75) is 20.3 Å². The van der Waals surface area contributed by atoms with Gasteiger partial charge in [-0.15, -0.1) is 0 Å². The molecule has 0 fully saturated rings. The van der Waals surface area contributed by atoms with Crippen molar-refractivity contribution in [1.82, 2.24) is 5.32 Å². The van der Waals surface area contributed by atoms with Gasteiger partial charge in [0.05, 0.1) is 0 Å². The monoisotopic (exact) mass is 175 g/mol. The fourth-order valence-electron chi connectivity index (χ4n) is 1.45. The van der Waals surface area contributed by atoms with Gasteiger partial charge >= 0.3 is 0 Å². The molecule has 70 valence electrons. The topological polar surface area (TPSA) is 12.0 Å². The van der Waals surface area contributed by atoms with Crippen molar-refractivity contribution in [3.8, 4) is 0 Å². The minimum absolute atomic E-state index is 1.09. The summed E-state index contributed by atoms with van der Waals surface area (Å²) in [6, 6.07) is 6.45. The Labute approximate surface area is 80.5 Å². The number of aryl methyl sites for hydroxylation is 2. The van der Waals surface area contributed by atoms with Crippen LogP contribution in [0.4, 0.5) is 0 Å². The second kappa shape index (κ2) is 4.70. The summed E-state index contributed by atoms with van der Waals surface area (Å²) in [5, 5.41) is 3.01. The molecule has 0 radical (unpaired) electrons. The van der Waals surface area contributed by atoms with E-state index in [1.165, 1.54) is 16.7 Å². The third-order valence-corrected chi connectivity index (χ3v) is 2.21. The van der Waals surface area contributed by atoms with Crippen LogP contribution in [0.25, 0.3) is 6.08 Å². The quantitative estimate of drug-likeness (QED) is 0.745. The maximum absolute atomic E-state index is 3.01. The van der Waals surface area contributed by atoms with Gasteiger partial charge in [-0.25, -0.2) is 0 Å². The average molecular weight is 175 g/mol. The van der Waals surface area contributed by atoms with E-state index >= 15 is 0 Å². The van der Waals surface area contributed by atoms with Crippen LogP contribution in [0.2, 0.25) is 0 Å². The molecule has 0 saturated carbocycles. The van der Waals surface area contributed by atoms with E-state index in [9.17, 15) is 0 Å². The van der Waals surface area contributed by atoms with E-state index in [1.54, 1.807) is 0 Å². The lowest BCUT2D eigenvalue weighted by molar-refractivity contribution is 1.10. The lowest BCUT2D eigenvalue weighted by Crippen LogP contribution is -1.94. The van der Waals surface area contributed by atoms with E-state index in [0.29, 0.717) is 0 Å². The van der Waals surface area contributed by atoms with Gasteiger partial charge < -0.3 is 5.32 Å². The Morgan fingerprint density at radius 2 is 2.15 bits per heavy atom. The zero-order valence-electron chi connectivity index (χ0n) is 8.59. The lowest BCUT2D eigenvalue weighted by Gasteiger charge is -2.06. The van der Waals surface area contributed by atoms with Crippen LogP contribution in [0.15, 0.2) is 24.4 Å². The summed E-state index contributed by atoms with van der Waals surface area (Å²) in [6.07, 6.45) is 5.20. The summed E-state index contributed by atoms with van der Waals surface area (Å²) in [6.45, 7) is 4.33. The molecule has 0 aliphatic heterocycles. The van der Waals surface area contributed by atoms with E-state index in [2.05, 4.69) is 43.4 Å². The summed E-state index contributed by atoms with van der Waals surface area (Å²) < 4.78 is 0. The zero-order chi connectivity index (χ0) is 9.68. The first kappa shape index (κ1) is 9.85. The van der Waals surface area contributed by atoms with Crippen molar-refractivity contribution >= 4 is 6.08 Å². The molecule has 0 aliphatic carbocycles. The van der Waals surface area contributed by atoms with Gasteiger partial charge in [-0.3, -0.25) is 0 Å². The van der Waals surface area contributed by atoms with Crippen molar-refractivity contribution < 1.29 is 0 Å². The average Bonchev–Trinajstić information content (AvgIpc) is 2.15. The summed E-state index contributed by atoms with van der Waals surface area (Å²) in [7, 11) is 1.92. The first-order valence-electron chi connectivity index (χ1n) is 4.72. The lowest BCUT2D eigenvalue weighted by atomic mass is 10.0. The highest BCUT2D eigenvalue weighted by Crippen LogP contribution is 2.16. The summed E-state index contributed by atoms with van der Waals surface area (Å²) in [5.74, 6) is 0. The van der Waals surface area contributed by atoms with Gasteiger partial charge in [0.1, 0.15) is 0 Å². The van der Waals surface area contributed by atoms with Crippen LogP contribution in [0.1, 0.15) is 23.6 Å². The van der Waals surface area contributed by atoms with Gasteiger partial charge in [0.2, 0.25) is 0 Å². The van der Waals surface area contributed by atoms with Gasteiger partial charge in [0.25, 0.3) is 0 Å². The van der Waals surface area contributed by atoms with Crippen molar-refractivity contribution in [3.63, 3.8) is 0 Å². The molecular formula is C12H17N. The van der Waals surface area contributed by atoms with Crippen LogP contribution in [0.3, 0.4) is 0 Å². The molecule has 0 unspecified atom stereocenters. The summed E-state index contributed by atoms with van der Waals surface area (Å²) in [4.78, 5) is 0. The molecule has 0 bridgehead atoms. The first-order valence-corrected chi connectivity index (χ1v) is 4.72. The van der Waals surface area contributed by atoms with E-state index in [1.807, 2.05) is 13.2 Å². The predicted molar refractivity (Wildman–Crippen MR) is 58.7 cm³/mol. The van der Waals surface area contributed by atoms with E-state index in [-0.39, 0.29) is 0 Å². The molecule has 0 amide bonds. The number of nitrogens with one attached hydrogen (secondary N) is 1. The third kappa shape index (κ3) is 2.35. The van der Waals surface area contributed by atoms with Crippen LogP contribution < -0.4 is 5.32 Å². The number of hydrogen-bond donors (Lipinski definition) is 1. The van der Waals surface area contributed by atoms with E-state index in [4.69, 9.17) is 0 Å². The molecule has 1 rings (SSSR count). The van der Waals surface area contributed by atoms with Crippen LogP contribution in [0, 0.1) is 6.92 Å². The summed E-state index contributed by atoms with van der Waals surface area (Å²) >= 11 is 0. The van der Waals surface area contributed by atoms with Crippen LogP contribution in [-0.2, 0) is 6.42 Å². The van der Waals surface area contributed by atoms with Gasteiger partial charge in [-0.2, -0.15) is 0 Å². The predicted octanol–water partition coefficient (Wildman–Crippen LogP) is 2.75. The molecule has 1 heteroatoms. The molecule has 1 nitrogen and oxygen atoms in total. The molecule has 0 spiro atoms. The zero-order valence-corrected chi connectivity index (χ0v) is 8.59. The van der Waals surface area contributed by atoms with E-state index in [0.717, 1.165) is 6.42 Å². The minimum Gasteiger partial charge on any atom is -0.394 e. The Morgan fingerprint density at radius 1 is 1.38 bits per heavy atom. The Hall–Kier alpha value is -1.24. The molecule has 1 N–H and O–H groups in total. The number of benzene rings is 1. The Bertz CT molecular complexity index is 300. The number of rotatable bonds is 3. The van der Waals surface area contributed by atoms with Crippen LogP contribution in [-0.4, -0.2) is 7.05 Å². The molecule has 1 aromatic carbocycles. The highest BCUT2D eigenvalue weighted by molar-refractivity contribution is 5.57. The van der Waals surface area contributed by atoms with Crippen LogP contribution >= 0.6 is 0 Å². The maximum atomic E-state index is 3.01. The van der Waals surface area contributed by atoms with Crippen molar-refractivity contribution in [2.24, 2.45) is 0 Å². The standard InChI is InChI=1S/C12H17N/c1-4-11-7-5-6-10(2)12(11)8-9-13-3/h5-9,13H,4H2,1-3H3/b9-8-. The number of hydrogen-bond acceptors (Lipinski definition) is 1. The SMILES string of the molecule is CCc1cccc(C)c1/C=C\NC. The van der Waals surface area contributed by atoms with Crippen molar-refractivity contribution in [2.75, 3.05) is 7.05 Å². The van der Waals surface area contributed by atoms with Crippen molar-refractivity contribution in [1.29, 1.82) is 0 Å². The van der Waals surface area contributed by atoms with Gasteiger partial charge in [0, 0.05) is 7.05 Å². The second-order valence-corrected chi connectivity index (χ2v) is 3.12. The van der Waals surface area contributed by atoms with E-state index < -0.39 is 0 Å². The molecule has 0 saturated heterocycles. The summed E-state index contributed by atoms with van der Waals surface area (Å²) in [5.41, 5.74) is 4.09. The molecular weight excluding hydrogens is 158 g/mol. The molecule has 13 heavy (non-hydrogen) atoms. The highest BCUT2D eigenvalue weighted by Gasteiger charge is 1.98. The molecule has 0 aromatic heterocycles. The highest BCUT2D eigenvalue weighted by atomic mass is 14.8. The smallest absolute Gasteiger partial charge is 0.00277 e. The van der Waals surface area contributed by atoms with Crippen molar-refractivity contribution in [3.05, 3.63) is 41.1 Å². The second-order valence-electron chi connectivity index (χ2n) is 3.12. The largest absolute Gasteiger partial charge is 0.394 e. The van der Waals surface area contributed by atoms with Crippen LogP contribution in [0.5, 0.6) is 0 Å². The molecule has 1 aromatic rings. The van der Waals surface area contributed by atoms with Gasteiger partial charge in [-0.1, -0.05) is 25.1 Å². The first-order chi connectivity index (χ1) is 6.29. The third-order valence-electron chi connectivity index (χ3n) is 2.21. The van der Waals surface area contributed by atoms with Gasteiger partial charge in [-0.05, 0) is 42.3 Å². The Kier molecular flexibility index (Phi) is 3.56. The maximum Gasteiger partial charge on any atom is 0.00277 e. The Morgan fingerprint density at radius 3 is 2.77 bits per heavy atom. The minimum atomic E-state index is 1.09. The van der Waals surface area contributed by atoms with Gasteiger partial charge in [0.15, 0.2) is 0 Å².